The minimum atomic E-state index is -0.602. The second kappa shape index (κ2) is 8.70. The molecule has 0 aromatic heterocycles. The largest absolute Gasteiger partial charge is 0.496 e. The van der Waals surface area contributed by atoms with Crippen LogP contribution in [0.1, 0.15) is 26.3 Å². The third-order valence-corrected chi connectivity index (χ3v) is 3.79. The summed E-state index contributed by atoms with van der Waals surface area (Å²) >= 11 is 0. The summed E-state index contributed by atoms with van der Waals surface area (Å²) in [6, 6.07) is 9.97. The molecule has 142 valence electrons. The van der Waals surface area contributed by atoms with E-state index in [0.717, 1.165) is 0 Å². The van der Waals surface area contributed by atoms with Gasteiger partial charge in [0.05, 0.1) is 44.6 Å². The maximum Gasteiger partial charge on any atom is 0.346 e. The first kappa shape index (κ1) is 19.8. The van der Waals surface area contributed by atoms with Gasteiger partial charge in [0.2, 0.25) is 0 Å². The highest BCUT2D eigenvalue weighted by atomic mass is 16.6. The number of fused-ring (bicyclic) bond motifs is 1. The summed E-state index contributed by atoms with van der Waals surface area (Å²) in [7, 11) is 4.30. The Bertz CT molecular complexity index is 876. The lowest BCUT2D eigenvalue weighted by Crippen LogP contribution is -2.23. The Morgan fingerprint density at radius 2 is 1.63 bits per heavy atom. The molecule has 0 saturated heterocycles. The number of methoxy groups -OCH3 is 3. The molecule has 0 saturated carbocycles. The van der Waals surface area contributed by atoms with Crippen molar-refractivity contribution in [3.05, 3.63) is 53.1 Å². The number of nitrogens with two attached hydrogens (primary N) is 1. The molecule has 2 N–H and O–H groups in total. The molecule has 0 bridgehead atoms. The van der Waals surface area contributed by atoms with Crippen molar-refractivity contribution in [3.63, 3.8) is 0 Å². The van der Waals surface area contributed by atoms with Gasteiger partial charge in [-0.25, -0.2) is 9.59 Å². The number of rotatable bonds is 3. The maximum atomic E-state index is 11.3. The van der Waals surface area contributed by atoms with Gasteiger partial charge in [-0.3, -0.25) is 4.79 Å². The minimum absolute atomic E-state index is 0.0884. The van der Waals surface area contributed by atoms with Crippen molar-refractivity contribution in [2.75, 3.05) is 27.1 Å². The second-order valence-electron chi connectivity index (χ2n) is 5.34. The normalized spacial score (nSPS) is 12.1. The molecule has 8 heteroatoms. The van der Waals surface area contributed by atoms with Crippen molar-refractivity contribution in [2.24, 2.45) is 0 Å². The van der Waals surface area contributed by atoms with E-state index < -0.39 is 17.9 Å². The molecule has 0 fully saturated rings. The van der Waals surface area contributed by atoms with Crippen molar-refractivity contribution < 1.29 is 33.3 Å². The Morgan fingerprint density at radius 3 is 2.26 bits per heavy atom. The zero-order valence-electron chi connectivity index (χ0n) is 15.1. The minimum Gasteiger partial charge on any atom is -0.496 e. The maximum absolute atomic E-state index is 11.3. The van der Waals surface area contributed by atoms with E-state index in [1.165, 1.54) is 21.3 Å². The van der Waals surface area contributed by atoms with Gasteiger partial charge in [-0.2, -0.15) is 0 Å². The summed E-state index contributed by atoms with van der Waals surface area (Å²) < 4.78 is 19.0. The van der Waals surface area contributed by atoms with Gasteiger partial charge in [-0.05, 0) is 24.3 Å². The highest BCUT2D eigenvalue weighted by Crippen LogP contribution is 2.27. The number of para-hydroxylation sites is 1. The SMILES string of the molecule is COC(=O)c1cccc(OC)c1N.COc1cccc2c1CC(=O)OC2=O. The van der Waals surface area contributed by atoms with Crippen LogP contribution >= 0.6 is 0 Å². The number of anilines is 1. The van der Waals surface area contributed by atoms with Gasteiger partial charge in [0.1, 0.15) is 11.5 Å². The molecule has 1 aliphatic heterocycles. The molecule has 0 unspecified atom stereocenters. The fourth-order valence-corrected chi connectivity index (χ4v) is 2.48. The van der Waals surface area contributed by atoms with E-state index in [9.17, 15) is 14.4 Å². The molecule has 0 spiro atoms. The number of hydrogen-bond acceptors (Lipinski definition) is 8. The zero-order chi connectivity index (χ0) is 20.0. The molecule has 0 atom stereocenters. The number of nitrogen functional groups attached to an aromatic ring is 1. The number of carbonyl (C=O) groups excluding carboxylic acids is 3. The highest BCUT2D eigenvalue weighted by Gasteiger charge is 2.26. The molecule has 3 rings (SSSR count). The predicted molar refractivity (Wildman–Crippen MR) is 95.9 cm³/mol. The van der Waals surface area contributed by atoms with Gasteiger partial charge in [0.25, 0.3) is 0 Å². The lowest BCUT2D eigenvalue weighted by molar-refractivity contribution is -0.137. The zero-order valence-corrected chi connectivity index (χ0v) is 15.1. The lowest BCUT2D eigenvalue weighted by atomic mass is 10.0. The molecule has 0 radical (unpaired) electrons. The van der Waals surface area contributed by atoms with Crippen LogP contribution in [-0.2, 0) is 20.7 Å². The van der Waals surface area contributed by atoms with Crippen molar-refractivity contribution in [1.29, 1.82) is 0 Å². The van der Waals surface area contributed by atoms with Crippen LogP contribution in [0.3, 0.4) is 0 Å². The summed E-state index contributed by atoms with van der Waals surface area (Å²) in [4.78, 5) is 33.4. The Kier molecular flexibility index (Phi) is 6.37. The van der Waals surface area contributed by atoms with E-state index in [0.29, 0.717) is 33.9 Å². The molecular formula is C19H19NO7. The Balaban J connectivity index is 0.000000194. The molecule has 1 aliphatic rings. The first-order valence-corrected chi connectivity index (χ1v) is 7.84. The fourth-order valence-electron chi connectivity index (χ4n) is 2.48. The van der Waals surface area contributed by atoms with Crippen LogP contribution in [-0.4, -0.2) is 39.2 Å². The van der Waals surface area contributed by atoms with Crippen molar-refractivity contribution in [1.82, 2.24) is 0 Å². The molecule has 8 nitrogen and oxygen atoms in total. The van der Waals surface area contributed by atoms with Crippen molar-refractivity contribution in [3.8, 4) is 11.5 Å². The molecule has 1 heterocycles. The van der Waals surface area contributed by atoms with Crippen molar-refractivity contribution >= 4 is 23.6 Å². The van der Waals surface area contributed by atoms with Gasteiger partial charge < -0.3 is 24.7 Å². The van der Waals surface area contributed by atoms with Gasteiger partial charge in [0.15, 0.2) is 0 Å². The third-order valence-electron chi connectivity index (χ3n) is 3.79. The van der Waals surface area contributed by atoms with Crippen LogP contribution < -0.4 is 15.2 Å². The Labute approximate surface area is 155 Å². The summed E-state index contributed by atoms with van der Waals surface area (Å²) in [5.41, 5.74) is 7.28. The molecular weight excluding hydrogens is 354 g/mol. The number of ether oxygens (including phenoxy) is 4. The molecule has 27 heavy (non-hydrogen) atoms. The predicted octanol–water partition coefficient (Wildman–Crippen LogP) is 2.00. The van der Waals surface area contributed by atoms with Crippen LogP contribution in [0.15, 0.2) is 36.4 Å². The van der Waals surface area contributed by atoms with E-state index in [2.05, 4.69) is 9.47 Å². The van der Waals surface area contributed by atoms with Crippen LogP contribution in [0.5, 0.6) is 11.5 Å². The van der Waals surface area contributed by atoms with E-state index >= 15 is 0 Å². The van der Waals surface area contributed by atoms with E-state index in [-0.39, 0.29) is 6.42 Å². The topological polar surface area (TPSA) is 114 Å². The summed E-state index contributed by atoms with van der Waals surface area (Å²) in [5.74, 6) is -0.575. The molecule has 0 amide bonds. The first-order valence-electron chi connectivity index (χ1n) is 7.84. The monoisotopic (exact) mass is 373 g/mol. The van der Waals surface area contributed by atoms with E-state index in [1.807, 2.05) is 0 Å². The number of esters is 3. The molecule has 0 aliphatic carbocycles. The summed E-state index contributed by atoms with van der Waals surface area (Å²) in [6.45, 7) is 0. The first-order chi connectivity index (χ1) is 12.9. The third kappa shape index (κ3) is 4.35. The lowest BCUT2D eigenvalue weighted by Gasteiger charge is -2.16. The van der Waals surface area contributed by atoms with Gasteiger partial charge in [-0.1, -0.05) is 12.1 Å². The Hall–Kier alpha value is -3.55. The van der Waals surface area contributed by atoms with Crippen LogP contribution in [0.4, 0.5) is 5.69 Å². The molecule has 2 aromatic rings. The fraction of sp³-hybridized carbons (Fsp3) is 0.211. The standard InChI is InChI=1S/C10H8O4.C9H11NO3/c1-13-8-4-2-3-6-7(8)5-9(11)14-10(6)12;1-12-7-5-3-4-6(8(7)10)9(11)13-2/h2-4H,5H2,1H3;3-5H,10H2,1-2H3. The average Bonchev–Trinajstić information content (AvgIpc) is 2.67. The van der Waals surface area contributed by atoms with Gasteiger partial charge >= 0.3 is 17.9 Å². The Morgan fingerprint density at radius 1 is 1.00 bits per heavy atom. The second-order valence-corrected chi connectivity index (χ2v) is 5.34. The highest BCUT2D eigenvalue weighted by molar-refractivity contribution is 6.03. The van der Waals surface area contributed by atoms with Crippen LogP contribution in [0.25, 0.3) is 0 Å². The van der Waals surface area contributed by atoms with E-state index in [1.54, 1.807) is 36.4 Å². The van der Waals surface area contributed by atoms with Gasteiger partial charge in [0, 0.05) is 5.56 Å². The number of cyclic esters (lactones) is 2. The number of hydrogen-bond donors (Lipinski definition) is 1. The molecule has 2 aromatic carbocycles. The van der Waals surface area contributed by atoms with Crippen LogP contribution in [0, 0.1) is 0 Å². The smallest absolute Gasteiger partial charge is 0.346 e. The number of benzene rings is 2. The van der Waals surface area contributed by atoms with Gasteiger partial charge in [-0.15, -0.1) is 0 Å². The summed E-state index contributed by atoms with van der Waals surface area (Å²) in [6.07, 6.45) is 0.0884. The average molecular weight is 373 g/mol. The van der Waals surface area contributed by atoms with Crippen molar-refractivity contribution in [2.45, 2.75) is 6.42 Å². The summed E-state index contributed by atoms with van der Waals surface area (Å²) in [5, 5.41) is 0. The number of carbonyl (C=O) groups is 3. The van der Waals surface area contributed by atoms with Crippen LogP contribution in [0.2, 0.25) is 0 Å². The van der Waals surface area contributed by atoms with E-state index in [4.69, 9.17) is 15.2 Å². The quantitative estimate of drug-likeness (QED) is 0.494.